The molecule has 9 heteroatoms. The first-order chi connectivity index (χ1) is 11.7. The van der Waals surface area contributed by atoms with Crippen molar-refractivity contribution in [3.8, 4) is 0 Å². The Morgan fingerprint density at radius 3 is 1.76 bits per heavy atom. The van der Waals surface area contributed by atoms with Gasteiger partial charge in [-0.25, -0.2) is 18.0 Å². The van der Waals surface area contributed by atoms with Gasteiger partial charge in [0.05, 0.1) is 6.26 Å². The van der Waals surface area contributed by atoms with Crippen LogP contribution in [-0.2, 0) is 32.5 Å². The maximum Gasteiger partial charge on any atom is 0.414 e. The first kappa shape index (κ1) is 19.4. The number of carbonyl (C=O) groups is 2. The van der Waals surface area contributed by atoms with E-state index in [9.17, 15) is 8.42 Å². The molecular formula is C16H22N2O6S. The zero-order valence-electron chi connectivity index (χ0n) is 14.0. The summed E-state index contributed by atoms with van der Waals surface area (Å²) in [6.07, 6.45) is 3.51. The van der Waals surface area contributed by atoms with Crippen LogP contribution in [0.2, 0.25) is 0 Å². The fourth-order valence-corrected chi connectivity index (χ4v) is 4.02. The van der Waals surface area contributed by atoms with Crippen LogP contribution in [0.3, 0.4) is 0 Å². The van der Waals surface area contributed by atoms with Crippen LogP contribution in [0.15, 0.2) is 24.3 Å². The van der Waals surface area contributed by atoms with E-state index in [0.29, 0.717) is 19.1 Å². The highest BCUT2D eigenvalue weighted by Crippen LogP contribution is 2.26. The lowest BCUT2D eigenvalue weighted by Gasteiger charge is -2.36. The van der Waals surface area contributed by atoms with E-state index in [1.807, 2.05) is 0 Å². The van der Waals surface area contributed by atoms with Crippen molar-refractivity contribution in [3.05, 3.63) is 35.4 Å². The number of piperazine rings is 1. The summed E-state index contributed by atoms with van der Waals surface area (Å²) < 4.78 is 24.6. The van der Waals surface area contributed by atoms with E-state index in [1.54, 1.807) is 4.31 Å². The van der Waals surface area contributed by atoms with Gasteiger partial charge in [-0.05, 0) is 24.0 Å². The molecule has 1 aliphatic heterocycles. The number of nitrogens with zero attached hydrogens (tertiary/aromatic N) is 2. The Bertz CT molecular complexity index is 704. The van der Waals surface area contributed by atoms with E-state index >= 15 is 0 Å². The number of sulfonamides is 1. The van der Waals surface area contributed by atoms with Crippen LogP contribution >= 0.6 is 0 Å². The average molecular weight is 370 g/mol. The molecule has 0 spiro atoms. The maximum atomic E-state index is 11.5. The summed E-state index contributed by atoms with van der Waals surface area (Å²) in [5.41, 5.74) is 2.91. The lowest BCUT2D eigenvalue weighted by Crippen LogP contribution is -2.51. The van der Waals surface area contributed by atoms with Crippen LogP contribution in [0.1, 0.15) is 11.1 Å². The Morgan fingerprint density at radius 2 is 1.40 bits per heavy atom. The molecule has 0 saturated carbocycles. The Kier molecular flexibility index (Phi) is 6.15. The van der Waals surface area contributed by atoms with Gasteiger partial charge in [0.1, 0.15) is 0 Å². The minimum absolute atomic E-state index is 0.555. The second kappa shape index (κ2) is 7.94. The minimum atomic E-state index is -3.02. The van der Waals surface area contributed by atoms with Crippen molar-refractivity contribution in [1.82, 2.24) is 9.21 Å². The van der Waals surface area contributed by atoms with E-state index in [1.165, 1.54) is 17.4 Å². The third kappa shape index (κ3) is 5.25. The predicted molar refractivity (Wildman–Crippen MR) is 90.9 cm³/mol. The number of carboxylic acids is 2. The van der Waals surface area contributed by atoms with Crippen LogP contribution in [-0.4, -0.2) is 78.3 Å². The number of benzene rings is 1. The van der Waals surface area contributed by atoms with Gasteiger partial charge in [-0.1, -0.05) is 24.3 Å². The van der Waals surface area contributed by atoms with Gasteiger partial charge in [0, 0.05) is 32.2 Å². The first-order valence-corrected chi connectivity index (χ1v) is 9.75. The fraction of sp³-hybridized carbons (Fsp3) is 0.500. The molecule has 138 valence electrons. The van der Waals surface area contributed by atoms with E-state index in [4.69, 9.17) is 19.8 Å². The van der Waals surface area contributed by atoms with Crippen molar-refractivity contribution in [3.63, 3.8) is 0 Å². The number of hydrogen-bond acceptors (Lipinski definition) is 5. The topological polar surface area (TPSA) is 115 Å². The van der Waals surface area contributed by atoms with Crippen molar-refractivity contribution in [1.29, 1.82) is 0 Å². The van der Waals surface area contributed by atoms with Crippen molar-refractivity contribution < 1.29 is 28.2 Å². The van der Waals surface area contributed by atoms with Crippen molar-refractivity contribution >= 4 is 22.0 Å². The summed E-state index contributed by atoms with van der Waals surface area (Å²) in [5.74, 6) is -3.65. The largest absolute Gasteiger partial charge is 0.473 e. The van der Waals surface area contributed by atoms with E-state index in [0.717, 1.165) is 25.9 Å². The van der Waals surface area contributed by atoms with Gasteiger partial charge in [-0.15, -0.1) is 0 Å². The molecule has 1 aromatic carbocycles. The van der Waals surface area contributed by atoms with Gasteiger partial charge in [-0.3, -0.25) is 4.90 Å². The molecule has 8 nitrogen and oxygen atoms in total. The second-order valence-electron chi connectivity index (χ2n) is 6.14. The van der Waals surface area contributed by atoms with Crippen molar-refractivity contribution in [2.75, 3.05) is 32.4 Å². The van der Waals surface area contributed by atoms with Crippen LogP contribution in [0, 0.1) is 0 Å². The minimum Gasteiger partial charge on any atom is -0.473 e. The van der Waals surface area contributed by atoms with Crippen LogP contribution in [0.25, 0.3) is 0 Å². The molecule has 3 rings (SSSR count). The summed E-state index contributed by atoms with van der Waals surface area (Å²) in [6, 6.07) is 9.18. The molecule has 2 N–H and O–H groups in total. The fourth-order valence-electron chi connectivity index (χ4n) is 3.19. The molecule has 0 bridgehead atoms. The van der Waals surface area contributed by atoms with Gasteiger partial charge in [0.25, 0.3) is 0 Å². The lowest BCUT2D eigenvalue weighted by molar-refractivity contribution is -0.159. The summed E-state index contributed by atoms with van der Waals surface area (Å²) in [7, 11) is -3.02. The lowest BCUT2D eigenvalue weighted by atomic mass is 10.1. The Balaban J connectivity index is 0.000000326. The highest BCUT2D eigenvalue weighted by molar-refractivity contribution is 7.88. The molecule has 2 aliphatic rings. The van der Waals surface area contributed by atoms with E-state index in [2.05, 4.69) is 29.2 Å². The Labute approximate surface area is 146 Å². The summed E-state index contributed by atoms with van der Waals surface area (Å²) in [6.45, 7) is 2.97. The molecule has 1 fully saturated rings. The summed E-state index contributed by atoms with van der Waals surface area (Å²) in [5, 5.41) is 14.8. The van der Waals surface area contributed by atoms with Gasteiger partial charge in [0.2, 0.25) is 10.0 Å². The molecule has 0 unspecified atom stereocenters. The summed E-state index contributed by atoms with van der Waals surface area (Å²) >= 11 is 0. The molecule has 1 saturated heterocycles. The number of rotatable bonds is 2. The molecule has 1 aliphatic carbocycles. The monoisotopic (exact) mass is 370 g/mol. The maximum absolute atomic E-state index is 11.5. The predicted octanol–water partition coefficient (Wildman–Crippen LogP) is -0.113. The number of fused-ring (bicyclic) bond motifs is 1. The summed E-state index contributed by atoms with van der Waals surface area (Å²) in [4.78, 5) is 20.6. The van der Waals surface area contributed by atoms with E-state index < -0.39 is 22.0 Å². The van der Waals surface area contributed by atoms with Gasteiger partial charge in [0.15, 0.2) is 0 Å². The quantitative estimate of drug-likeness (QED) is 0.698. The molecule has 25 heavy (non-hydrogen) atoms. The molecule has 0 atom stereocenters. The Morgan fingerprint density at radius 1 is 0.960 bits per heavy atom. The Hall–Kier alpha value is -1.97. The van der Waals surface area contributed by atoms with Crippen molar-refractivity contribution in [2.45, 2.75) is 18.9 Å². The van der Waals surface area contributed by atoms with Gasteiger partial charge < -0.3 is 10.2 Å². The van der Waals surface area contributed by atoms with Crippen molar-refractivity contribution in [2.24, 2.45) is 0 Å². The molecule has 1 aromatic rings. The number of carboxylic acid groups (broad SMARTS) is 2. The molecule has 1 heterocycles. The van der Waals surface area contributed by atoms with Crippen LogP contribution in [0.5, 0.6) is 0 Å². The second-order valence-corrected chi connectivity index (χ2v) is 8.12. The third-order valence-corrected chi connectivity index (χ3v) is 5.77. The third-order valence-electron chi connectivity index (χ3n) is 4.47. The van der Waals surface area contributed by atoms with Crippen LogP contribution < -0.4 is 0 Å². The first-order valence-electron chi connectivity index (χ1n) is 7.90. The normalized spacial score (nSPS) is 18.9. The van der Waals surface area contributed by atoms with Gasteiger partial charge in [-0.2, -0.15) is 4.31 Å². The zero-order chi connectivity index (χ0) is 18.6. The molecule has 0 aromatic heterocycles. The zero-order valence-corrected chi connectivity index (χ0v) is 14.8. The smallest absolute Gasteiger partial charge is 0.414 e. The van der Waals surface area contributed by atoms with Gasteiger partial charge >= 0.3 is 11.9 Å². The number of hydrogen-bond donors (Lipinski definition) is 2. The standard InChI is InChI=1S/C14H20N2O2S.C2H2O4/c1-19(17,18)16-8-6-15(7-9-16)14-10-12-4-2-3-5-13(12)11-14;3-1(4)2(5)6/h2-5,14H,6-11H2,1H3;(H,3,4)(H,5,6). The average Bonchev–Trinajstić information content (AvgIpc) is 2.98. The highest BCUT2D eigenvalue weighted by Gasteiger charge is 2.31. The van der Waals surface area contributed by atoms with E-state index in [-0.39, 0.29) is 0 Å². The SMILES string of the molecule is CS(=O)(=O)N1CCN(C2Cc3ccccc3C2)CC1.O=C(O)C(=O)O. The van der Waals surface area contributed by atoms with Crippen LogP contribution in [0.4, 0.5) is 0 Å². The number of aliphatic carboxylic acids is 2. The molecule has 0 amide bonds. The molecular weight excluding hydrogens is 348 g/mol. The highest BCUT2D eigenvalue weighted by atomic mass is 32.2. The molecule has 0 radical (unpaired) electrons.